The van der Waals surface area contributed by atoms with E-state index in [4.69, 9.17) is 21.6 Å². The molecule has 4 rings (SSSR count). The van der Waals surface area contributed by atoms with E-state index >= 15 is 0 Å². The molecule has 0 radical (unpaired) electrons. The first-order valence-electron chi connectivity index (χ1n) is 11.5. The first-order valence-corrected chi connectivity index (χ1v) is 11.9. The number of aromatic nitrogens is 4. The summed E-state index contributed by atoms with van der Waals surface area (Å²) in [5.74, 6) is -1.34. The van der Waals surface area contributed by atoms with Crippen LogP contribution in [0.4, 0.5) is 13.2 Å². The molecule has 2 aromatic carbocycles. The Balaban J connectivity index is 1.73. The number of benzene rings is 2. The number of nitriles is 1. The molecule has 200 valence electrons. The second kappa shape index (κ2) is 10.4. The lowest BCUT2D eigenvalue weighted by Gasteiger charge is -2.19. The van der Waals surface area contributed by atoms with Gasteiger partial charge in [0, 0.05) is 5.02 Å². The van der Waals surface area contributed by atoms with Crippen LogP contribution in [-0.4, -0.2) is 19.7 Å². The van der Waals surface area contributed by atoms with Crippen molar-refractivity contribution in [3.63, 3.8) is 0 Å². The second-order valence-electron chi connectivity index (χ2n) is 9.67. The van der Waals surface area contributed by atoms with Crippen molar-refractivity contribution in [3.05, 3.63) is 103 Å². The second-order valence-corrected chi connectivity index (χ2v) is 10.1. The molecule has 0 bridgehead atoms. The van der Waals surface area contributed by atoms with Gasteiger partial charge in [0.2, 0.25) is 5.75 Å². The molecule has 1 N–H and O–H groups in total. The summed E-state index contributed by atoms with van der Waals surface area (Å²) in [5.41, 5.74) is -1.11. The first kappa shape index (κ1) is 27.6. The highest BCUT2D eigenvalue weighted by Gasteiger charge is 2.39. The molecule has 0 saturated carbocycles. The quantitative estimate of drug-likeness (QED) is 0.339. The fourth-order valence-corrected chi connectivity index (χ4v) is 3.97. The Bertz CT molecular complexity index is 1700. The van der Waals surface area contributed by atoms with Crippen LogP contribution in [0.1, 0.15) is 43.3 Å². The van der Waals surface area contributed by atoms with Gasteiger partial charge < -0.3 is 4.74 Å². The maximum Gasteiger partial charge on any atom is 0.437 e. The molecule has 2 heterocycles. The normalized spacial score (nSPS) is 11.7. The summed E-state index contributed by atoms with van der Waals surface area (Å²) in [5, 5.41) is 15.4. The molecule has 12 heteroatoms. The van der Waals surface area contributed by atoms with Gasteiger partial charge in [-0.05, 0) is 40.8 Å². The Hall–Kier alpha value is -4.43. The molecule has 0 saturated heterocycles. The summed E-state index contributed by atoms with van der Waals surface area (Å²) in [7, 11) is 0. The number of hydrogen-bond acceptors (Lipinski definition) is 6. The van der Waals surface area contributed by atoms with Crippen molar-refractivity contribution in [3.8, 4) is 28.7 Å². The summed E-state index contributed by atoms with van der Waals surface area (Å²) >= 11 is 5.92. The molecule has 4 aromatic rings. The number of ether oxygens (including phenoxy) is 1. The Morgan fingerprint density at radius 2 is 1.77 bits per heavy atom. The van der Waals surface area contributed by atoms with Crippen LogP contribution in [0.25, 0.3) is 11.1 Å². The van der Waals surface area contributed by atoms with Gasteiger partial charge in [0.05, 0.1) is 35.8 Å². The molecule has 2 aromatic heterocycles. The Morgan fingerprint density at radius 3 is 2.38 bits per heavy atom. The van der Waals surface area contributed by atoms with Crippen LogP contribution in [0.3, 0.4) is 0 Å². The fourth-order valence-electron chi connectivity index (χ4n) is 3.75. The van der Waals surface area contributed by atoms with Crippen LogP contribution in [0.2, 0.25) is 5.02 Å². The van der Waals surface area contributed by atoms with E-state index in [-0.39, 0.29) is 39.6 Å². The SMILES string of the molecule is CC(C)(C)c1ccc(-c2cc(Cn3cnc(C(F)(F)F)c(Oc4cc(Cl)cc(C#N)c4)c3=O)n[nH]c2=O)cc1. The van der Waals surface area contributed by atoms with Crippen molar-refractivity contribution in [1.29, 1.82) is 5.26 Å². The highest BCUT2D eigenvalue weighted by atomic mass is 35.5. The number of halogens is 4. The third kappa shape index (κ3) is 6.18. The van der Waals surface area contributed by atoms with Crippen molar-refractivity contribution in [2.24, 2.45) is 0 Å². The van der Waals surface area contributed by atoms with Gasteiger partial charge in [0.15, 0.2) is 5.69 Å². The zero-order chi connectivity index (χ0) is 28.5. The minimum Gasteiger partial charge on any atom is -0.449 e. The van der Waals surface area contributed by atoms with Gasteiger partial charge >= 0.3 is 6.18 Å². The molecule has 0 fully saturated rings. The minimum atomic E-state index is -5.01. The van der Waals surface area contributed by atoms with Crippen molar-refractivity contribution in [2.45, 2.75) is 38.9 Å². The van der Waals surface area contributed by atoms with Crippen molar-refractivity contribution < 1.29 is 17.9 Å². The summed E-state index contributed by atoms with van der Waals surface area (Å²) in [6.07, 6.45) is -4.28. The lowest BCUT2D eigenvalue weighted by atomic mass is 9.86. The molecule has 0 spiro atoms. The van der Waals surface area contributed by atoms with Crippen molar-refractivity contribution in [2.75, 3.05) is 0 Å². The van der Waals surface area contributed by atoms with E-state index in [1.807, 2.05) is 18.2 Å². The number of aromatic amines is 1. The molecule has 39 heavy (non-hydrogen) atoms. The van der Waals surface area contributed by atoms with Gasteiger partial charge in [0.1, 0.15) is 5.75 Å². The Morgan fingerprint density at radius 1 is 1.08 bits per heavy atom. The Labute approximate surface area is 225 Å². The lowest BCUT2D eigenvalue weighted by Crippen LogP contribution is -2.27. The summed E-state index contributed by atoms with van der Waals surface area (Å²) < 4.78 is 47.2. The average molecular weight is 556 g/mol. The van der Waals surface area contributed by atoms with E-state index < -0.39 is 28.7 Å². The van der Waals surface area contributed by atoms with Crippen LogP contribution in [-0.2, 0) is 18.1 Å². The lowest BCUT2D eigenvalue weighted by molar-refractivity contribution is -0.142. The van der Waals surface area contributed by atoms with E-state index in [2.05, 4.69) is 36.0 Å². The van der Waals surface area contributed by atoms with Gasteiger partial charge in [0.25, 0.3) is 11.1 Å². The molecule has 0 amide bonds. The van der Waals surface area contributed by atoms with E-state index in [0.717, 1.165) is 22.5 Å². The monoisotopic (exact) mass is 555 g/mol. The van der Waals surface area contributed by atoms with Crippen molar-refractivity contribution in [1.82, 2.24) is 19.7 Å². The van der Waals surface area contributed by atoms with Gasteiger partial charge in [-0.25, -0.2) is 10.1 Å². The predicted molar refractivity (Wildman–Crippen MR) is 138 cm³/mol. The Kier molecular flexibility index (Phi) is 7.35. The number of nitrogens with zero attached hydrogens (tertiary/aromatic N) is 4. The number of H-pyrrole nitrogens is 1. The van der Waals surface area contributed by atoms with Crippen LogP contribution in [0, 0.1) is 11.3 Å². The van der Waals surface area contributed by atoms with Crippen LogP contribution in [0.5, 0.6) is 11.5 Å². The van der Waals surface area contributed by atoms with E-state index in [1.165, 1.54) is 18.2 Å². The smallest absolute Gasteiger partial charge is 0.437 e. The predicted octanol–water partition coefficient (Wildman–Crippen LogP) is 5.68. The number of hydrogen-bond donors (Lipinski definition) is 1. The highest BCUT2D eigenvalue weighted by Crippen LogP contribution is 2.35. The third-order valence-corrected chi connectivity index (χ3v) is 5.95. The summed E-state index contributed by atoms with van der Waals surface area (Å²) in [6, 6.07) is 14.2. The zero-order valence-corrected chi connectivity index (χ0v) is 21.7. The zero-order valence-electron chi connectivity index (χ0n) is 20.9. The largest absolute Gasteiger partial charge is 0.449 e. The minimum absolute atomic E-state index is 0.0239. The summed E-state index contributed by atoms with van der Waals surface area (Å²) in [6.45, 7) is 5.86. The maximum absolute atomic E-state index is 13.7. The molecule has 8 nitrogen and oxygen atoms in total. The maximum atomic E-state index is 13.7. The van der Waals surface area contributed by atoms with E-state index in [9.17, 15) is 22.8 Å². The van der Waals surface area contributed by atoms with E-state index in [1.54, 1.807) is 12.1 Å². The number of nitrogens with one attached hydrogen (secondary N) is 1. The standard InChI is InChI=1S/C27H21ClF3N5O3/c1-26(2,3)17-6-4-16(5-7-17)21-11-19(34-35-24(21)37)13-36-14-33-23(27(29,30)31)22(25(36)38)39-20-9-15(12-32)8-18(28)10-20/h4-11,14H,13H2,1-3H3,(H,35,37). The fraction of sp³-hybridized carbons (Fsp3) is 0.222. The van der Waals surface area contributed by atoms with Crippen LogP contribution < -0.4 is 15.9 Å². The number of rotatable bonds is 5. The third-order valence-electron chi connectivity index (χ3n) is 5.74. The average Bonchev–Trinajstić information content (AvgIpc) is 2.86. The molecule has 0 aliphatic rings. The molecular weight excluding hydrogens is 535 g/mol. The molecule has 0 unspecified atom stereocenters. The van der Waals surface area contributed by atoms with E-state index in [0.29, 0.717) is 5.56 Å². The topological polar surface area (TPSA) is 114 Å². The van der Waals surface area contributed by atoms with Crippen LogP contribution in [0.15, 0.2) is 64.4 Å². The molecule has 0 aliphatic heterocycles. The van der Waals surface area contributed by atoms with Gasteiger partial charge in [-0.2, -0.15) is 23.5 Å². The highest BCUT2D eigenvalue weighted by molar-refractivity contribution is 6.30. The van der Waals surface area contributed by atoms with Gasteiger partial charge in [-0.3, -0.25) is 14.2 Å². The molecular formula is C27H21ClF3N5O3. The van der Waals surface area contributed by atoms with Gasteiger partial charge in [-0.1, -0.05) is 56.6 Å². The van der Waals surface area contributed by atoms with Crippen molar-refractivity contribution >= 4 is 11.6 Å². The van der Waals surface area contributed by atoms with Crippen LogP contribution >= 0.6 is 11.6 Å². The van der Waals surface area contributed by atoms with Gasteiger partial charge in [-0.15, -0.1) is 0 Å². The molecule has 0 aliphatic carbocycles. The number of alkyl halides is 3. The summed E-state index contributed by atoms with van der Waals surface area (Å²) in [4.78, 5) is 29.0. The first-order chi connectivity index (χ1) is 18.3. The molecule has 0 atom stereocenters.